The van der Waals surface area contributed by atoms with Crippen LogP contribution in [-0.4, -0.2) is 17.5 Å². The van der Waals surface area contributed by atoms with Gasteiger partial charge in [0.2, 0.25) is 0 Å². The molecule has 0 aliphatic carbocycles. The Bertz CT molecular complexity index is 854. The van der Waals surface area contributed by atoms with Crippen LogP contribution < -0.4 is 5.32 Å². The minimum atomic E-state index is -0.819. The SMILES string of the molecule is CCN(C(=O)Nc1c(F)cccc1F)[C@@H](C)c1cc2ccccc2o1. The highest BCUT2D eigenvalue weighted by molar-refractivity contribution is 5.90. The summed E-state index contributed by atoms with van der Waals surface area (Å²) in [5, 5.41) is 3.24. The number of rotatable bonds is 4. The number of urea groups is 1. The lowest BCUT2D eigenvalue weighted by atomic mass is 10.2. The molecule has 6 heteroatoms. The molecule has 2 amide bonds. The van der Waals surface area contributed by atoms with Crippen molar-refractivity contribution in [2.24, 2.45) is 0 Å². The highest BCUT2D eigenvalue weighted by atomic mass is 19.1. The van der Waals surface area contributed by atoms with Crippen molar-refractivity contribution in [3.63, 3.8) is 0 Å². The molecular weight excluding hydrogens is 326 g/mol. The Hall–Kier alpha value is -2.89. The van der Waals surface area contributed by atoms with E-state index in [9.17, 15) is 13.6 Å². The Kier molecular flexibility index (Phi) is 4.70. The molecule has 4 nitrogen and oxygen atoms in total. The number of furan rings is 1. The molecule has 0 aliphatic rings. The van der Waals surface area contributed by atoms with E-state index in [-0.39, 0.29) is 0 Å². The van der Waals surface area contributed by atoms with Gasteiger partial charge < -0.3 is 14.6 Å². The third-order valence-corrected chi connectivity index (χ3v) is 4.12. The summed E-state index contributed by atoms with van der Waals surface area (Å²) in [5.74, 6) is -1.03. The second-order valence-corrected chi connectivity index (χ2v) is 5.68. The van der Waals surface area contributed by atoms with Gasteiger partial charge in [-0.1, -0.05) is 24.3 Å². The smallest absolute Gasteiger partial charge is 0.322 e. The van der Waals surface area contributed by atoms with Crippen molar-refractivity contribution >= 4 is 22.7 Å². The van der Waals surface area contributed by atoms with Crippen LogP contribution in [0, 0.1) is 11.6 Å². The Morgan fingerprint density at radius 1 is 1.16 bits per heavy atom. The van der Waals surface area contributed by atoms with Gasteiger partial charge in [-0.2, -0.15) is 0 Å². The van der Waals surface area contributed by atoms with Crippen molar-refractivity contribution in [3.8, 4) is 0 Å². The van der Waals surface area contributed by atoms with E-state index < -0.39 is 29.4 Å². The second-order valence-electron chi connectivity index (χ2n) is 5.68. The van der Waals surface area contributed by atoms with E-state index >= 15 is 0 Å². The van der Waals surface area contributed by atoms with Crippen LogP contribution in [0.15, 0.2) is 52.9 Å². The maximum atomic E-state index is 13.8. The lowest BCUT2D eigenvalue weighted by Gasteiger charge is -2.27. The number of halogens is 2. The molecular formula is C19H18F2N2O2. The molecule has 0 bridgehead atoms. The lowest BCUT2D eigenvalue weighted by molar-refractivity contribution is 0.189. The topological polar surface area (TPSA) is 45.5 Å². The van der Waals surface area contributed by atoms with Gasteiger partial charge in [0.25, 0.3) is 0 Å². The van der Waals surface area contributed by atoms with Gasteiger partial charge in [-0.15, -0.1) is 0 Å². The molecule has 0 unspecified atom stereocenters. The fourth-order valence-electron chi connectivity index (χ4n) is 2.75. The minimum Gasteiger partial charge on any atom is -0.459 e. The standard InChI is InChI=1S/C19H18F2N2O2/c1-3-23(19(24)22-18-14(20)8-6-9-15(18)21)12(2)17-11-13-7-4-5-10-16(13)25-17/h4-12H,3H2,1-2H3,(H,22,24)/t12-/m0/s1. The molecule has 0 saturated heterocycles. The third-order valence-electron chi connectivity index (χ3n) is 4.12. The zero-order chi connectivity index (χ0) is 18.0. The number of nitrogens with one attached hydrogen (secondary N) is 1. The van der Waals surface area contributed by atoms with E-state index in [2.05, 4.69) is 5.32 Å². The van der Waals surface area contributed by atoms with E-state index in [0.29, 0.717) is 12.3 Å². The Balaban J connectivity index is 1.84. The fraction of sp³-hybridized carbons (Fsp3) is 0.211. The number of hydrogen-bond donors (Lipinski definition) is 1. The predicted molar refractivity (Wildman–Crippen MR) is 92.4 cm³/mol. The van der Waals surface area contributed by atoms with E-state index in [1.807, 2.05) is 30.3 Å². The largest absolute Gasteiger partial charge is 0.459 e. The first-order chi connectivity index (χ1) is 12.0. The Labute approximate surface area is 144 Å². The molecule has 3 aromatic rings. The summed E-state index contributed by atoms with van der Waals surface area (Å²) in [6, 6.07) is 11.8. The zero-order valence-corrected chi connectivity index (χ0v) is 13.9. The van der Waals surface area contributed by atoms with E-state index in [0.717, 1.165) is 23.1 Å². The van der Waals surface area contributed by atoms with Gasteiger partial charge in [0.15, 0.2) is 0 Å². The molecule has 130 valence electrons. The van der Waals surface area contributed by atoms with Crippen LogP contribution in [0.4, 0.5) is 19.3 Å². The maximum absolute atomic E-state index is 13.8. The molecule has 1 atom stereocenters. The Morgan fingerprint density at radius 2 is 1.84 bits per heavy atom. The highest BCUT2D eigenvalue weighted by Gasteiger charge is 2.24. The first-order valence-corrected chi connectivity index (χ1v) is 8.01. The highest BCUT2D eigenvalue weighted by Crippen LogP contribution is 2.28. The van der Waals surface area contributed by atoms with E-state index in [1.54, 1.807) is 13.8 Å². The molecule has 0 spiro atoms. The predicted octanol–water partition coefficient (Wildman–Crippen LogP) is 5.33. The molecule has 1 N–H and O–H groups in total. The zero-order valence-electron chi connectivity index (χ0n) is 13.9. The minimum absolute atomic E-state index is 0.347. The molecule has 0 radical (unpaired) electrons. The number of benzene rings is 2. The monoisotopic (exact) mass is 344 g/mol. The molecule has 0 fully saturated rings. The van der Waals surface area contributed by atoms with Gasteiger partial charge in [0.1, 0.15) is 28.7 Å². The second kappa shape index (κ2) is 6.93. The number of hydrogen-bond acceptors (Lipinski definition) is 2. The summed E-state index contributed by atoms with van der Waals surface area (Å²) in [4.78, 5) is 14.0. The summed E-state index contributed by atoms with van der Waals surface area (Å²) >= 11 is 0. The summed E-state index contributed by atoms with van der Waals surface area (Å²) in [7, 11) is 0. The van der Waals surface area contributed by atoms with Gasteiger partial charge in [-0.3, -0.25) is 0 Å². The van der Waals surface area contributed by atoms with Crippen molar-refractivity contribution < 1.29 is 18.0 Å². The van der Waals surface area contributed by atoms with Gasteiger partial charge in [0.05, 0.1) is 6.04 Å². The normalized spacial score (nSPS) is 12.2. The first-order valence-electron chi connectivity index (χ1n) is 8.01. The van der Waals surface area contributed by atoms with Crippen LogP contribution in [0.5, 0.6) is 0 Å². The number of carbonyl (C=O) groups excluding carboxylic acids is 1. The molecule has 0 saturated carbocycles. The third kappa shape index (κ3) is 3.33. The van der Waals surface area contributed by atoms with Crippen LogP contribution in [0.25, 0.3) is 11.0 Å². The number of para-hydroxylation sites is 2. The first kappa shape index (κ1) is 17.0. The van der Waals surface area contributed by atoms with Crippen molar-refractivity contribution in [1.29, 1.82) is 0 Å². The molecule has 1 aromatic heterocycles. The molecule has 3 rings (SSSR count). The van der Waals surface area contributed by atoms with Crippen molar-refractivity contribution in [1.82, 2.24) is 4.90 Å². The van der Waals surface area contributed by atoms with Gasteiger partial charge in [-0.25, -0.2) is 13.6 Å². The number of amides is 2. The summed E-state index contributed by atoms with van der Waals surface area (Å²) < 4.78 is 33.3. The van der Waals surface area contributed by atoms with Gasteiger partial charge in [0, 0.05) is 11.9 Å². The average Bonchev–Trinajstić information content (AvgIpc) is 3.03. The Morgan fingerprint density at radius 3 is 2.48 bits per heavy atom. The van der Waals surface area contributed by atoms with Crippen LogP contribution >= 0.6 is 0 Å². The van der Waals surface area contributed by atoms with Gasteiger partial charge >= 0.3 is 6.03 Å². The van der Waals surface area contributed by atoms with Crippen LogP contribution in [-0.2, 0) is 0 Å². The van der Waals surface area contributed by atoms with Crippen LogP contribution in [0.2, 0.25) is 0 Å². The average molecular weight is 344 g/mol. The number of anilines is 1. The van der Waals surface area contributed by atoms with E-state index in [4.69, 9.17) is 4.42 Å². The maximum Gasteiger partial charge on any atom is 0.322 e. The fourth-order valence-corrected chi connectivity index (χ4v) is 2.75. The number of nitrogens with zero attached hydrogens (tertiary/aromatic N) is 1. The quantitative estimate of drug-likeness (QED) is 0.695. The molecule has 25 heavy (non-hydrogen) atoms. The summed E-state index contributed by atoms with van der Waals surface area (Å²) in [5.41, 5.74) is 0.267. The number of carbonyl (C=O) groups is 1. The summed E-state index contributed by atoms with van der Waals surface area (Å²) in [6.07, 6.45) is 0. The molecule has 2 aromatic carbocycles. The van der Waals surface area contributed by atoms with E-state index in [1.165, 1.54) is 11.0 Å². The van der Waals surface area contributed by atoms with Gasteiger partial charge in [-0.05, 0) is 38.1 Å². The number of fused-ring (bicyclic) bond motifs is 1. The van der Waals surface area contributed by atoms with Crippen molar-refractivity contribution in [2.45, 2.75) is 19.9 Å². The lowest BCUT2D eigenvalue weighted by Crippen LogP contribution is -2.37. The van der Waals surface area contributed by atoms with Crippen molar-refractivity contribution in [3.05, 3.63) is 65.9 Å². The molecule has 1 heterocycles. The molecule has 0 aliphatic heterocycles. The van der Waals surface area contributed by atoms with Crippen LogP contribution in [0.1, 0.15) is 25.6 Å². The van der Waals surface area contributed by atoms with Crippen molar-refractivity contribution in [2.75, 3.05) is 11.9 Å². The van der Waals surface area contributed by atoms with Crippen LogP contribution in [0.3, 0.4) is 0 Å². The summed E-state index contributed by atoms with van der Waals surface area (Å²) in [6.45, 7) is 3.94.